The Labute approximate surface area is 190 Å². The van der Waals surface area contributed by atoms with Crippen molar-refractivity contribution < 1.29 is 8.42 Å². The van der Waals surface area contributed by atoms with Gasteiger partial charge in [-0.3, -0.25) is 0 Å². The van der Waals surface area contributed by atoms with Crippen molar-refractivity contribution >= 4 is 21.1 Å². The molecule has 166 valence electrons. The normalized spacial score (nSPS) is 12.1. The fraction of sp³-hybridized carbons (Fsp3) is 0.269. The van der Waals surface area contributed by atoms with Crippen molar-refractivity contribution in [3.8, 4) is 0 Å². The van der Waals surface area contributed by atoms with E-state index in [0.29, 0.717) is 6.54 Å². The second-order valence-corrected chi connectivity index (χ2v) is 10.5. The second kappa shape index (κ2) is 8.52. The van der Waals surface area contributed by atoms with Gasteiger partial charge >= 0.3 is 0 Å². The van der Waals surface area contributed by atoms with Gasteiger partial charge in [-0.2, -0.15) is 4.31 Å². The maximum Gasteiger partial charge on any atom is 0.243 e. The molecule has 1 aromatic heterocycles. The molecule has 0 fully saturated rings. The zero-order valence-corrected chi connectivity index (χ0v) is 20.1. The van der Waals surface area contributed by atoms with Crippen molar-refractivity contribution in [1.82, 2.24) is 13.9 Å². The van der Waals surface area contributed by atoms with Crippen LogP contribution in [0.4, 0.5) is 0 Å². The molecule has 0 spiro atoms. The number of hydrogen-bond acceptors (Lipinski definition) is 3. The van der Waals surface area contributed by atoms with E-state index < -0.39 is 10.0 Å². The molecule has 0 saturated heterocycles. The first-order valence-corrected chi connectivity index (χ1v) is 12.2. The van der Waals surface area contributed by atoms with Gasteiger partial charge in [-0.15, -0.1) is 0 Å². The summed E-state index contributed by atoms with van der Waals surface area (Å²) in [7, 11) is -2.00. The van der Waals surface area contributed by atoms with Gasteiger partial charge in [0.15, 0.2) is 0 Å². The summed E-state index contributed by atoms with van der Waals surface area (Å²) in [6.07, 6.45) is 0. The molecular weight excluding hydrogens is 418 g/mol. The van der Waals surface area contributed by atoms with Crippen LogP contribution in [0.2, 0.25) is 0 Å². The van der Waals surface area contributed by atoms with Gasteiger partial charge in [0.25, 0.3) is 0 Å². The Bertz CT molecular complexity index is 1360. The van der Waals surface area contributed by atoms with Crippen molar-refractivity contribution in [3.05, 3.63) is 94.3 Å². The Hall–Kier alpha value is -2.96. The van der Waals surface area contributed by atoms with Crippen molar-refractivity contribution in [2.75, 3.05) is 7.05 Å². The number of para-hydroxylation sites is 2. The molecule has 4 rings (SSSR count). The molecule has 0 aliphatic rings. The van der Waals surface area contributed by atoms with E-state index in [-0.39, 0.29) is 11.4 Å². The molecule has 0 N–H and O–H groups in total. The summed E-state index contributed by atoms with van der Waals surface area (Å²) in [6.45, 7) is 9.42. The maximum atomic E-state index is 13.1. The first-order valence-electron chi connectivity index (χ1n) is 10.7. The number of hydrogen-bond donors (Lipinski definition) is 0. The number of imidazole rings is 1. The summed E-state index contributed by atoms with van der Waals surface area (Å²) < 4.78 is 29.7. The number of sulfonamides is 1. The SMILES string of the molecule is Cc1cc(C)c(C)c(Cn2c(CN(C)S(=O)(=O)c3ccccc3)nc3ccccc32)c1C. The molecule has 0 amide bonds. The molecule has 5 nitrogen and oxygen atoms in total. The predicted molar refractivity (Wildman–Crippen MR) is 129 cm³/mol. The van der Waals surface area contributed by atoms with Crippen molar-refractivity contribution in [2.24, 2.45) is 0 Å². The lowest BCUT2D eigenvalue weighted by atomic mass is 9.94. The average Bonchev–Trinajstić information content (AvgIpc) is 3.12. The van der Waals surface area contributed by atoms with Crippen LogP contribution in [0.1, 0.15) is 33.6 Å². The zero-order valence-electron chi connectivity index (χ0n) is 19.3. The van der Waals surface area contributed by atoms with E-state index in [9.17, 15) is 8.42 Å². The highest BCUT2D eigenvalue weighted by Gasteiger charge is 2.23. The monoisotopic (exact) mass is 447 g/mol. The number of rotatable bonds is 6. The standard InChI is InChI=1S/C26H29N3O2S/c1-18-15-19(2)21(4)23(20(18)3)16-29-25-14-10-9-13-24(25)27-26(29)17-28(5)32(30,31)22-11-7-6-8-12-22/h6-15H,16-17H2,1-5H3. The molecule has 0 aliphatic heterocycles. The van der Waals surface area contributed by atoms with Crippen molar-refractivity contribution in [2.45, 2.75) is 45.7 Å². The second-order valence-electron chi connectivity index (χ2n) is 8.42. The first kappa shape index (κ1) is 22.2. The van der Waals surface area contributed by atoms with Crippen molar-refractivity contribution in [1.29, 1.82) is 0 Å². The van der Waals surface area contributed by atoms with Crippen LogP contribution in [-0.4, -0.2) is 29.3 Å². The van der Waals surface area contributed by atoms with Crippen LogP contribution in [0.25, 0.3) is 11.0 Å². The Morgan fingerprint density at radius 2 is 1.47 bits per heavy atom. The fourth-order valence-electron chi connectivity index (χ4n) is 4.17. The summed E-state index contributed by atoms with van der Waals surface area (Å²) in [4.78, 5) is 5.10. The maximum absolute atomic E-state index is 13.1. The van der Waals surface area contributed by atoms with Gasteiger partial charge in [-0.1, -0.05) is 36.4 Å². The highest BCUT2D eigenvalue weighted by molar-refractivity contribution is 7.89. The van der Waals surface area contributed by atoms with Crippen LogP contribution in [0, 0.1) is 27.7 Å². The summed E-state index contributed by atoms with van der Waals surface area (Å²) in [6, 6.07) is 18.7. The number of fused-ring (bicyclic) bond motifs is 1. The van der Waals surface area contributed by atoms with E-state index in [4.69, 9.17) is 4.98 Å². The minimum Gasteiger partial charge on any atom is -0.322 e. The van der Waals surface area contributed by atoms with Crippen LogP contribution >= 0.6 is 0 Å². The lowest BCUT2D eigenvalue weighted by Gasteiger charge is -2.20. The van der Waals surface area contributed by atoms with E-state index in [1.807, 2.05) is 30.3 Å². The minimum atomic E-state index is -3.61. The lowest BCUT2D eigenvalue weighted by Crippen LogP contribution is -2.28. The van der Waals surface area contributed by atoms with E-state index >= 15 is 0 Å². The molecule has 0 atom stereocenters. The molecule has 1 heterocycles. The summed E-state index contributed by atoms with van der Waals surface area (Å²) in [5, 5.41) is 0. The largest absolute Gasteiger partial charge is 0.322 e. The van der Waals surface area contributed by atoms with Gasteiger partial charge in [0, 0.05) is 13.6 Å². The molecule has 0 aliphatic carbocycles. The summed E-state index contributed by atoms with van der Waals surface area (Å²) in [5.41, 5.74) is 8.19. The first-order chi connectivity index (χ1) is 15.2. The fourth-order valence-corrected chi connectivity index (χ4v) is 5.32. The Balaban J connectivity index is 1.79. The van der Waals surface area contributed by atoms with Crippen LogP contribution in [-0.2, 0) is 23.1 Å². The molecule has 4 aromatic rings. The zero-order chi connectivity index (χ0) is 23.0. The molecule has 0 unspecified atom stereocenters. The van der Waals surface area contributed by atoms with Gasteiger partial charge < -0.3 is 4.57 Å². The lowest BCUT2D eigenvalue weighted by molar-refractivity contribution is 0.450. The molecule has 0 bridgehead atoms. The molecule has 32 heavy (non-hydrogen) atoms. The van der Waals surface area contributed by atoms with E-state index in [0.717, 1.165) is 16.9 Å². The Morgan fingerprint density at radius 3 is 2.12 bits per heavy atom. The van der Waals surface area contributed by atoms with Gasteiger partial charge in [0.1, 0.15) is 5.82 Å². The van der Waals surface area contributed by atoms with Gasteiger partial charge in [-0.05, 0) is 79.8 Å². The molecule has 6 heteroatoms. The van der Waals surface area contributed by atoms with Crippen LogP contribution in [0.3, 0.4) is 0 Å². The highest BCUT2D eigenvalue weighted by Crippen LogP contribution is 2.26. The van der Waals surface area contributed by atoms with Gasteiger partial charge in [0.2, 0.25) is 10.0 Å². The predicted octanol–water partition coefficient (Wildman–Crippen LogP) is 5.14. The minimum absolute atomic E-state index is 0.189. The third-order valence-electron chi connectivity index (χ3n) is 6.39. The van der Waals surface area contributed by atoms with Crippen LogP contribution < -0.4 is 0 Å². The van der Waals surface area contributed by atoms with Crippen molar-refractivity contribution in [3.63, 3.8) is 0 Å². The van der Waals surface area contributed by atoms with Gasteiger partial charge in [0.05, 0.1) is 22.5 Å². The summed E-state index contributed by atoms with van der Waals surface area (Å²) >= 11 is 0. The quantitative estimate of drug-likeness (QED) is 0.411. The number of nitrogens with zero attached hydrogens (tertiary/aromatic N) is 3. The molecule has 0 saturated carbocycles. The third kappa shape index (κ3) is 3.96. The highest BCUT2D eigenvalue weighted by atomic mass is 32.2. The third-order valence-corrected chi connectivity index (χ3v) is 8.20. The number of aromatic nitrogens is 2. The number of aryl methyl sites for hydroxylation is 2. The average molecular weight is 448 g/mol. The Morgan fingerprint density at radius 1 is 0.875 bits per heavy atom. The topological polar surface area (TPSA) is 55.2 Å². The van der Waals surface area contributed by atoms with E-state index in [1.165, 1.54) is 32.1 Å². The molecular formula is C26H29N3O2S. The summed E-state index contributed by atoms with van der Waals surface area (Å²) in [5.74, 6) is 0.728. The smallest absolute Gasteiger partial charge is 0.243 e. The van der Waals surface area contributed by atoms with Gasteiger partial charge in [-0.25, -0.2) is 13.4 Å². The Kier molecular flexibility index (Phi) is 5.93. The molecule has 3 aromatic carbocycles. The van der Waals surface area contributed by atoms with Crippen LogP contribution in [0.15, 0.2) is 65.6 Å². The van der Waals surface area contributed by atoms with Crippen LogP contribution in [0.5, 0.6) is 0 Å². The van der Waals surface area contributed by atoms with E-state index in [1.54, 1.807) is 31.3 Å². The number of benzene rings is 3. The molecule has 0 radical (unpaired) electrons. The van der Waals surface area contributed by atoms with E-state index in [2.05, 4.69) is 38.3 Å².